The molecule has 0 aromatic heterocycles. The van der Waals surface area contributed by atoms with Crippen LogP contribution in [0.3, 0.4) is 0 Å². The zero-order valence-corrected chi connectivity index (χ0v) is 16.9. The number of aryl methyl sites for hydroxylation is 1. The highest BCUT2D eigenvalue weighted by Gasteiger charge is 2.07. The minimum absolute atomic E-state index is 0.457. The third-order valence-electron chi connectivity index (χ3n) is 3.90. The van der Waals surface area contributed by atoms with E-state index in [2.05, 4.69) is 13.8 Å². The lowest BCUT2D eigenvalue weighted by Gasteiger charge is -2.12. The average Bonchev–Trinajstić information content (AvgIpc) is 2.63. The molecule has 5 heteroatoms. The second-order valence-electron chi connectivity index (χ2n) is 6.61. The highest BCUT2D eigenvalue weighted by molar-refractivity contribution is 6.31. The van der Waals surface area contributed by atoms with Gasteiger partial charge in [0.1, 0.15) is 5.75 Å². The minimum atomic E-state index is -0.465. The van der Waals surface area contributed by atoms with Crippen molar-refractivity contribution in [3.05, 3.63) is 58.6 Å². The Morgan fingerprint density at radius 2 is 1.93 bits per heavy atom. The number of carbonyl (C=O) groups is 1. The van der Waals surface area contributed by atoms with Crippen LogP contribution in [0.2, 0.25) is 5.02 Å². The number of methoxy groups -OCH3 is 1. The summed E-state index contributed by atoms with van der Waals surface area (Å²) in [5.74, 6) is 1.89. The molecule has 0 aliphatic rings. The number of carbonyl (C=O) groups excluding carboxylic acids is 1. The van der Waals surface area contributed by atoms with Gasteiger partial charge in [-0.2, -0.15) is 0 Å². The standard InChI is InChI=1S/C22H25ClO4/c1-15(2)11-12-26-20-9-5-17(14-21(20)25-4)6-10-22(24)27-18-7-8-19(23)16(3)13-18/h5-10,13-15H,11-12H2,1-4H3/b10-6+. The van der Waals surface area contributed by atoms with E-state index in [4.69, 9.17) is 25.8 Å². The molecule has 0 heterocycles. The summed E-state index contributed by atoms with van der Waals surface area (Å²) < 4.78 is 16.4. The van der Waals surface area contributed by atoms with Gasteiger partial charge in [0.25, 0.3) is 0 Å². The van der Waals surface area contributed by atoms with E-state index in [0.29, 0.717) is 34.8 Å². The number of hydrogen-bond acceptors (Lipinski definition) is 4. The van der Waals surface area contributed by atoms with Crippen LogP contribution in [-0.4, -0.2) is 19.7 Å². The van der Waals surface area contributed by atoms with Crippen molar-refractivity contribution in [1.82, 2.24) is 0 Å². The molecule has 2 aromatic rings. The van der Waals surface area contributed by atoms with Crippen LogP contribution in [0.15, 0.2) is 42.5 Å². The zero-order chi connectivity index (χ0) is 19.8. The lowest BCUT2D eigenvalue weighted by Crippen LogP contribution is -2.04. The SMILES string of the molecule is COc1cc(/C=C/C(=O)Oc2ccc(Cl)c(C)c2)ccc1OCCC(C)C. The maximum absolute atomic E-state index is 12.0. The molecule has 0 N–H and O–H groups in total. The Kier molecular flexibility index (Phi) is 7.74. The molecular weight excluding hydrogens is 364 g/mol. The molecule has 2 rings (SSSR count). The van der Waals surface area contributed by atoms with Gasteiger partial charge in [0.15, 0.2) is 11.5 Å². The van der Waals surface area contributed by atoms with Gasteiger partial charge >= 0.3 is 5.97 Å². The summed E-state index contributed by atoms with van der Waals surface area (Å²) in [7, 11) is 1.59. The molecule has 0 aliphatic carbocycles. The van der Waals surface area contributed by atoms with Gasteiger partial charge in [-0.3, -0.25) is 0 Å². The van der Waals surface area contributed by atoms with Gasteiger partial charge in [0.05, 0.1) is 13.7 Å². The monoisotopic (exact) mass is 388 g/mol. The molecule has 0 atom stereocenters. The lowest BCUT2D eigenvalue weighted by molar-refractivity contribution is -0.128. The second-order valence-corrected chi connectivity index (χ2v) is 7.01. The van der Waals surface area contributed by atoms with E-state index in [1.165, 1.54) is 6.08 Å². The van der Waals surface area contributed by atoms with Crippen molar-refractivity contribution >= 4 is 23.6 Å². The zero-order valence-electron chi connectivity index (χ0n) is 16.1. The summed E-state index contributed by atoms with van der Waals surface area (Å²) >= 11 is 5.97. The van der Waals surface area contributed by atoms with E-state index in [0.717, 1.165) is 17.5 Å². The summed E-state index contributed by atoms with van der Waals surface area (Å²) in [5.41, 5.74) is 1.66. The molecule has 0 amide bonds. The largest absolute Gasteiger partial charge is 0.493 e. The van der Waals surface area contributed by atoms with Crippen molar-refractivity contribution in [3.8, 4) is 17.2 Å². The van der Waals surface area contributed by atoms with Crippen molar-refractivity contribution in [3.63, 3.8) is 0 Å². The first-order valence-electron chi connectivity index (χ1n) is 8.86. The molecular formula is C22H25ClO4. The second kappa shape index (κ2) is 10.0. The summed E-state index contributed by atoms with van der Waals surface area (Å²) in [6, 6.07) is 10.6. The molecule has 0 bridgehead atoms. The molecule has 27 heavy (non-hydrogen) atoms. The van der Waals surface area contributed by atoms with E-state index < -0.39 is 5.97 Å². The first-order chi connectivity index (χ1) is 12.9. The van der Waals surface area contributed by atoms with Gasteiger partial charge in [0.2, 0.25) is 0 Å². The van der Waals surface area contributed by atoms with Crippen LogP contribution in [0.5, 0.6) is 17.2 Å². The van der Waals surface area contributed by atoms with Crippen LogP contribution in [0.25, 0.3) is 6.08 Å². The fourth-order valence-electron chi connectivity index (χ4n) is 2.31. The first kappa shape index (κ1) is 20.8. The normalized spacial score (nSPS) is 11.0. The van der Waals surface area contributed by atoms with E-state index in [-0.39, 0.29) is 0 Å². The summed E-state index contributed by atoms with van der Waals surface area (Å²) in [5, 5.41) is 0.633. The summed E-state index contributed by atoms with van der Waals surface area (Å²) in [4.78, 5) is 12.0. The van der Waals surface area contributed by atoms with Crippen LogP contribution in [0.4, 0.5) is 0 Å². The molecule has 144 valence electrons. The molecule has 0 aliphatic heterocycles. The number of ether oxygens (including phenoxy) is 3. The fraction of sp³-hybridized carbons (Fsp3) is 0.318. The maximum atomic E-state index is 12.0. The van der Waals surface area contributed by atoms with Crippen LogP contribution < -0.4 is 14.2 Å². The van der Waals surface area contributed by atoms with Crippen molar-refractivity contribution in [2.45, 2.75) is 27.2 Å². The maximum Gasteiger partial charge on any atom is 0.336 e. The van der Waals surface area contributed by atoms with Crippen molar-refractivity contribution in [2.75, 3.05) is 13.7 Å². The Bertz CT molecular complexity index is 812. The molecule has 0 saturated heterocycles. The Morgan fingerprint density at radius 1 is 1.15 bits per heavy atom. The lowest BCUT2D eigenvalue weighted by atomic mass is 10.1. The van der Waals surface area contributed by atoms with Crippen LogP contribution in [0.1, 0.15) is 31.4 Å². The Hall–Kier alpha value is -2.46. The third-order valence-corrected chi connectivity index (χ3v) is 4.32. The highest BCUT2D eigenvalue weighted by Crippen LogP contribution is 2.29. The molecule has 0 spiro atoms. The molecule has 2 aromatic carbocycles. The topological polar surface area (TPSA) is 44.8 Å². The number of halogens is 1. The predicted octanol–water partition coefficient (Wildman–Crippen LogP) is 5.70. The van der Waals surface area contributed by atoms with Gasteiger partial charge in [-0.15, -0.1) is 0 Å². The number of hydrogen-bond donors (Lipinski definition) is 0. The van der Waals surface area contributed by atoms with Gasteiger partial charge in [0, 0.05) is 11.1 Å². The Morgan fingerprint density at radius 3 is 2.59 bits per heavy atom. The van der Waals surface area contributed by atoms with Gasteiger partial charge in [-0.1, -0.05) is 31.5 Å². The smallest absolute Gasteiger partial charge is 0.336 e. The molecule has 4 nitrogen and oxygen atoms in total. The first-order valence-corrected chi connectivity index (χ1v) is 9.23. The van der Waals surface area contributed by atoms with E-state index in [1.807, 2.05) is 25.1 Å². The Balaban J connectivity index is 2.00. The van der Waals surface area contributed by atoms with Crippen molar-refractivity contribution in [1.29, 1.82) is 0 Å². The summed E-state index contributed by atoms with van der Waals surface area (Å²) in [6.07, 6.45) is 4.02. The van der Waals surface area contributed by atoms with Gasteiger partial charge in [-0.25, -0.2) is 4.79 Å². The Labute approximate surface area is 165 Å². The summed E-state index contributed by atoms with van der Waals surface area (Å²) in [6.45, 7) is 6.79. The number of rotatable bonds is 8. The van der Waals surface area contributed by atoms with E-state index in [9.17, 15) is 4.79 Å². The molecule has 0 fully saturated rings. The van der Waals surface area contributed by atoms with Gasteiger partial charge < -0.3 is 14.2 Å². The average molecular weight is 389 g/mol. The fourth-order valence-corrected chi connectivity index (χ4v) is 2.42. The molecule has 0 unspecified atom stereocenters. The number of benzene rings is 2. The molecule has 0 radical (unpaired) electrons. The highest BCUT2D eigenvalue weighted by atomic mass is 35.5. The minimum Gasteiger partial charge on any atom is -0.493 e. The third kappa shape index (κ3) is 6.65. The van der Waals surface area contributed by atoms with Gasteiger partial charge in [-0.05, 0) is 66.8 Å². The van der Waals surface area contributed by atoms with Crippen molar-refractivity contribution < 1.29 is 19.0 Å². The van der Waals surface area contributed by atoms with Crippen LogP contribution in [0, 0.1) is 12.8 Å². The quantitative estimate of drug-likeness (QED) is 0.330. The predicted molar refractivity (Wildman–Crippen MR) is 109 cm³/mol. The molecule has 0 saturated carbocycles. The van der Waals surface area contributed by atoms with Crippen LogP contribution >= 0.6 is 11.6 Å². The number of esters is 1. The van der Waals surface area contributed by atoms with E-state index >= 15 is 0 Å². The van der Waals surface area contributed by atoms with Crippen molar-refractivity contribution in [2.24, 2.45) is 5.92 Å². The van der Waals surface area contributed by atoms with Crippen LogP contribution in [-0.2, 0) is 4.79 Å². The van der Waals surface area contributed by atoms with E-state index in [1.54, 1.807) is 31.4 Å².